The van der Waals surface area contributed by atoms with Crippen LogP contribution in [0.1, 0.15) is 17.2 Å². The average molecular weight is 399 g/mol. The fraction of sp³-hybridized carbons (Fsp3) is 0.286. The largest absolute Gasteiger partial charge is 0.370 e. The van der Waals surface area contributed by atoms with Crippen LogP contribution < -0.4 is 10.6 Å². The van der Waals surface area contributed by atoms with Gasteiger partial charge in [0, 0.05) is 12.2 Å². The lowest BCUT2D eigenvalue weighted by Crippen LogP contribution is -2.48. The smallest absolute Gasteiger partial charge is 0.313 e. The van der Waals surface area contributed by atoms with Crippen molar-refractivity contribution in [2.24, 2.45) is 0 Å². The summed E-state index contributed by atoms with van der Waals surface area (Å²) in [7, 11) is 0. The van der Waals surface area contributed by atoms with Crippen LogP contribution in [0.15, 0.2) is 48.5 Å². The molecule has 3 amide bonds. The molecule has 1 aliphatic heterocycles. The number of amides is 3. The molecule has 1 unspecified atom stereocenters. The van der Waals surface area contributed by atoms with E-state index in [0.29, 0.717) is 25.3 Å². The van der Waals surface area contributed by atoms with Gasteiger partial charge in [-0.25, -0.2) is 4.39 Å². The van der Waals surface area contributed by atoms with Crippen molar-refractivity contribution in [3.63, 3.8) is 0 Å². The molecule has 0 aromatic heterocycles. The first-order chi connectivity index (χ1) is 13.9. The maximum Gasteiger partial charge on any atom is 0.313 e. The van der Waals surface area contributed by atoms with E-state index >= 15 is 0 Å². The Balaban J connectivity index is 1.49. The van der Waals surface area contributed by atoms with Gasteiger partial charge in [0.1, 0.15) is 11.9 Å². The van der Waals surface area contributed by atoms with Gasteiger partial charge in [-0.1, -0.05) is 36.4 Å². The molecule has 3 rings (SSSR count). The standard InChI is InChI=1S/C21H22FN3O4/c1-14-7-8-16(11-17(14)22)24-21(28)20(27)23-12-19(26)25-9-10-29-18(13-25)15-5-3-2-4-6-15/h2-8,11,18H,9-10,12-13H2,1H3,(H,23,27)(H,24,28). The van der Waals surface area contributed by atoms with Crippen LogP contribution in [0.2, 0.25) is 0 Å². The highest BCUT2D eigenvalue weighted by Gasteiger charge is 2.26. The molecule has 29 heavy (non-hydrogen) atoms. The molecule has 7 nitrogen and oxygen atoms in total. The maximum atomic E-state index is 13.5. The minimum Gasteiger partial charge on any atom is -0.370 e. The Kier molecular flexibility index (Phi) is 6.56. The van der Waals surface area contributed by atoms with Crippen LogP contribution >= 0.6 is 0 Å². The van der Waals surface area contributed by atoms with Crippen molar-refractivity contribution in [1.29, 1.82) is 0 Å². The summed E-state index contributed by atoms with van der Waals surface area (Å²) in [6.45, 7) is 2.45. The third kappa shape index (κ3) is 5.39. The van der Waals surface area contributed by atoms with Gasteiger partial charge in [0.15, 0.2) is 0 Å². The summed E-state index contributed by atoms with van der Waals surface area (Å²) in [5.74, 6) is -2.73. The van der Waals surface area contributed by atoms with E-state index in [9.17, 15) is 18.8 Å². The van der Waals surface area contributed by atoms with Crippen LogP contribution in [-0.2, 0) is 19.1 Å². The van der Waals surface area contributed by atoms with E-state index in [4.69, 9.17) is 4.74 Å². The number of carbonyl (C=O) groups is 3. The number of hydrogen-bond acceptors (Lipinski definition) is 4. The van der Waals surface area contributed by atoms with E-state index < -0.39 is 17.6 Å². The second kappa shape index (κ2) is 9.29. The molecular weight excluding hydrogens is 377 g/mol. The third-order valence-electron chi connectivity index (χ3n) is 4.63. The van der Waals surface area contributed by atoms with E-state index in [-0.39, 0.29) is 24.2 Å². The SMILES string of the molecule is Cc1ccc(NC(=O)C(=O)NCC(=O)N2CCOC(c3ccccc3)C2)cc1F. The maximum absolute atomic E-state index is 13.5. The van der Waals surface area contributed by atoms with Crippen LogP contribution in [0, 0.1) is 12.7 Å². The Morgan fingerprint density at radius 1 is 1.14 bits per heavy atom. The first kappa shape index (κ1) is 20.5. The molecule has 152 valence electrons. The first-order valence-electron chi connectivity index (χ1n) is 9.23. The summed E-state index contributed by atoms with van der Waals surface area (Å²) in [5.41, 5.74) is 1.56. The highest BCUT2D eigenvalue weighted by Crippen LogP contribution is 2.21. The van der Waals surface area contributed by atoms with Gasteiger partial charge in [-0.05, 0) is 30.2 Å². The van der Waals surface area contributed by atoms with Gasteiger partial charge < -0.3 is 20.3 Å². The van der Waals surface area contributed by atoms with Gasteiger partial charge in [-0.2, -0.15) is 0 Å². The van der Waals surface area contributed by atoms with Gasteiger partial charge in [-0.15, -0.1) is 0 Å². The number of carbonyl (C=O) groups excluding carboxylic acids is 3. The zero-order valence-electron chi connectivity index (χ0n) is 16.0. The molecule has 0 aliphatic carbocycles. The van der Waals surface area contributed by atoms with Gasteiger partial charge in [0.05, 0.1) is 19.7 Å². The zero-order valence-corrected chi connectivity index (χ0v) is 16.0. The van der Waals surface area contributed by atoms with Crippen molar-refractivity contribution in [3.05, 3.63) is 65.5 Å². The predicted molar refractivity (Wildman–Crippen MR) is 104 cm³/mol. The molecule has 1 fully saturated rings. The Morgan fingerprint density at radius 3 is 2.62 bits per heavy atom. The Hall–Kier alpha value is -3.26. The normalized spacial score (nSPS) is 16.2. The molecule has 0 saturated carbocycles. The molecule has 2 N–H and O–H groups in total. The number of nitrogens with zero attached hydrogens (tertiary/aromatic N) is 1. The summed E-state index contributed by atoms with van der Waals surface area (Å²) in [5, 5.41) is 4.61. The summed E-state index contributed by atoms with van der Waals surface area (Å²) in [6, 6.07) is 13.7. The van der Waals surface area contributed by atoms with Crippen molar-refractivity contribution >= 4 is 23.4 Å². The Labute approximate surface area is 167 Å². The highest BCUT2D eigenvalue weighted by molar-refractivity contribution is 6.39. The van der Waals surface area contributed by atoms with Crippen molar-refractivity contribution < 1.29 is 23.5 Å². The van der Waals surface area contributed by atoms with Crippen LogP contribution in [0.3, 0.4) is 0 Å². The summed E-state index contributed by atoms with van der Waals surface area (Å²) in [6.07, 6.45) is -0.232. The monoisotopic (exact) mass is 399 g/mol. The number of anilines is 1. The Bertz CT molecular complexity index is 904. The van der Waals surface area contributed by atoms with Crippen LogP contribution in [-0.4, -0.2) is 48.9 Å². The molecule has 1 saturated heterocycles. The molecule has 1 heterocycles. The summed E-state index contributed by atoms with van der Waals surface area (Å²) < 4.78 is 19.2. The van der Waals surface area contributed by atoms with Crippen LogP contribution in [0.4, 0.5) is 10.1 Å². The number of halogens is 1. The molecule has 1 atom stereocenters. The molecule has 1 aliphatic rings. The fourth-order valence-electron chi connectivity index (χ4n) is 2.95. The molecule has 2 aromatic carbocycles. The van der Waals surface area contributed by atoms with E-state index in [0.717, 1.165) is 11.6 Å². The summed E-state index contributed by atoms with van der Waals surface area (Å²) >= 11 is 0. The Morgan fingerprint density at radius 2 is 1.90 bits per heavy atom. The van der Waals surface area contributed by atoms with Crippen molar-refractivity contribution in [2.75, 3.05) is 31.6 Å². The zero-order chi connectivity index (χ0) is 20.8. The summed E-state index contributed by atoms with van der Waals surface area (Å²) in [4.78, 5) is 37.9. The molecule has 0 radical (unpaired) electrons. The second-order valence-electron chi connectivity index (χ2n) is 6.71. The minimum atomic E-state index is -0.967. The number of nitrogens with one attached hydrogen (secondary N) is 2. The molecule has 0 bridgehead atoms. The van der Waals surface area contributed by atoms with Crippen molar-refractivity contribution in [1.82, 2.24) is 10.2 Å². The number of morpholine rings is 1. The average Bonchev–Trinajstić information content (AvgIpc) is 2.75. The van der Waals surface area contributed by atoms with E-state index in [1.165, 1.54) is 12.1 Å². The van der Waals surface area contributed by atoms with Gasteiger partial charge >= 0.3 is 11.8 Å². The lowest BCUT2D eigenvalue weighted by atomic mass is 10.1. The van der Waals surface area contributed by atoms with Gasteiger partial charge in [0.25, 0.3) is 0 Å². The van der Waals surface area contributed by atoms with Gasteiger partial charge in [-0.3, -0.25) is 14.4 Å². The van der Waals surface area contributed by atoms with Crippen LogP contribution in [0.5, 0.6) is 0 Å². The fourth-order valence-corrected chi connectivity index (χ4v) is 2.95. The number of hydrogen-bond donors (Lipinski definition) is 2. The second-order valence-corrected chi connectivity index (χ2v) is 6.71. The van der Waals surface area contributed by atoms with E-state index in [2.05, 4.69) is 10.6 Å². The lowest BCUT2D eigenvalue weighted by Gasteiger charge is -2.33. The topological polar surface area (TPSA) is 87.7 Å². The molecule has 2 aromatic rings. The molecular formula is C21H22FN3O4. The number of benzene rings is 2. The number of ether oxygens (including phenoxy) is 1. The van der Waals surface area contributed by atoms with Crippen molar-refractivity contribution in [3.8, 4) is 0 Å². The van der Waals surface area contributed by atoms with E-state index in [1.807, 2.05) is 30.3 Å². The van der Waals surface area contributed by atoms with Crippen LogP contribution in [0.25, 0.3) is 0 Å². The minimum absolute atomic E-state index is 0.165. The van der Waals surface area contributed by atoms with E-state index in [1.54, 1.807) is 11.8 Å². The highest BCUT2D eigenvalue weighted by atomic mass is 19.1. The lowest BCUT2D eigenvalue weighted by molar-refractivity contribution is -0.141. The third-order valence-corrected chi connectivity index (χ3v) is 4.63. The number of rotatable bonds is 4. The predicted octanol–water partition coefficient (Wildman–Crippen LogP) is 1.79. The molecule has 0 spiro atoms. The van der Waals surface area contributed by atoms with Crippen molar-refractivity contribution in [2.45, 2.75) is 13.0 Å². The number of aryl methyl sites for hydroxylation is 1. The quantitative estimate of drug-likeness (QED) is 0.768. The van der Waals surface area contributed by atoms with Gasteiger partial charge in [0.2, 0.25) is 5.91 Å². The first-order valence-corrected chi connectivity index (χ1v) is 9.23. The molecule has 8 heteroatoms.